The van der Waals surface area contributed by atoms with Crippen LogP contribution in [-0.4, -0.2) is 48.4 Å². The highest BCUT2D eigenvalue weighted by Gasteiger charge is 2.23. The summed E-state index contributed by atoms with van der Waals surface area (Å²) in [7, 11) is 0. The van der Waals surface area contributed by atoms with E-state index >= 15 is 0 Å². The maximum absolute atomic E-state index is 12.0. The molecular formula is C12H18N2O2. The van der Waals surface area contributed by atoms with E-state index in [1.54, 1.807) is 12.3 Å². The van der Waals surface area contributed by atoms with Gasteiger partial charge in [0.1, 0.15) is 0 Å². The molecule has 0 aromatic carbocycles. The normalized spacial score (nSPS) is 17.8. The topological polar surface area (TPSA) is 36.7 Å². The molecule has 0 aliphatic carbocycles. The molecule has 0 saturated carbocycles. The van der Waals surface area contributed by atoms with Crippen molar-refractivity contribution >= 4 is 5.91 Å². The third-order valence-electron chi connectivity index (χ3n) is 3.05. The molecule has 0 atom stereocenters. The van der Waals surface area contributed by atoms with Crippen molar-refractivity contribution in [2.45, 2.75) is 13.8 Å². The van der Waals surface area contributed by atoms with Crippen molar-refractivity contribution in [3.63, 3.8) is 0 Å². The van der Waals surface area contributed by atoms with Gasteiger partial charge in [0.2, 0.25) is 0 Å². The van der Waals surface area contributed by atoms with E-state index in [1.165, 1.54) is 0 Å². The van der Waals surface area contributed by atoms with Gasteiger partial charge in [-0.1, -0.05) is 6.92 Å². The van der Waals surface area contributed by atoms with E-state index in [-0.39, 0.29) is 5.91 Å². The van der Waals surface area contributed by atoms with Gasteiger partial charge in [-0.25, -0.2) is 0 Å². The molecule has 1 aromatic rings. The minimum Gasteiger partial charge on any atom is -0.459 e. The smallest absolute Gasteiger partial charge is 0.289 e. The van der Waals surface area contributed by atoms with Crippen LogP contribution in [0.2, 0.25) is 0 Å². The lowest BCUT2D eigenvalue weighted by Gasteiger charge is -2.33. The van der Waals surface area contributed by atoms with E-state index < -0.39 is 0 Å². The second kappa shape index (κ2) is 4.70. The van der Waals surface area contributed by atoms with Crippen LogP contribution in [0.1, 0.15) is 23.0 Å². The number of likely N-dealkylation sites (N-methyl/N-ethyl adjacent to an activating group) is 1. The van der Waals surface area contributed by atoms with Crippen LogP contribution in [-0.2, 0) is 0 Å². The van der Waals surface area contributed by atoms with Crippen LogP contribution in [0.25, 0.3) is 0 Å². The Morgan fingerprint density at radius 2 is 2.06 bits per heavy atom. The van der Waals surface area contributed by atoms with Crippen LogP contribution in [0, 0.1) is 6.92 Å². The fourth-order valence-corrected chi connectivity index (χ4v) is 1.97. The van der Waals surface area contributed by atoms with Gasteiger partial charge in [0.25, 0.3) is 5.91 Å². The second-order valence-electron chi connectivity index (χ2n) is 4.21. The fourth-order valence-electron chi connectivity index (χ4n) is 1.97. The van der Waals surface area contributed by atoms with Gasteiger partial charge in [-0.15, -0.1) is 0 Å². The van der Waals surface area contributed by atoms with Crippen LogP contribution in [0.4, 0.5) is 0 Å². The molecule has 1 fully saturated rings. The summed E-state index contributed by atoms with van der Waals surface area (Å²) in [6.45, 7) is 8.65. The number of carbonyl (C=O) groups is 1. The summed E-state index contributed by atoms with van der Waals surface area (Å²) in [5.41, 5.74) is 0.996. The first-order valence-electron chi connectivity index (χ1n) is 5.77. The number of rotatable bonds is 2. The maximum Gasteiger partial charge on any atom is 0.289 e. The predicted molar refractivity (Wildman–Crippen MR) is 61.5 cm³/mol. The highest BCUT2D eigenvalue weighted by molar-refractivity contribution is 5.91. The number of hydrogen-bond acceptors (Lipinski definition) is 3. The monoisotopic (exact) mass is 222 g/mol. The molecule has 4 nitrogen and oxygen atoms in total. The molecule has 1 amide bonds. The molecule has 1 aliphatic heterocycles. The lowest BCUT2D eigenvalue weighted by atomic mass is 10.2. The summed E-state index contributed by atoms with van der Waals surface area (Å²) in [6, 6.07) is 1.80. The molecule has 1 aliphatic rings. The van der Waals surface area contributed by atoms with Gasteiger partial charge in [-0.05, 0) is 25.1 Å². The van der Waals surface area contributed by atoms with Crippen LogP contribution in [0.3, 0.4) is 0 Å². The Kier molecular flexibility index (Phi) is 3.29. The van der Waals surface area contributed by atoms with Crippen molar-refractivity contribution in [2.75, 3.05) is 32.7 Å². The zero-order valence-electron chi connectivity index (χ0n) is 9.90. The van der Waals surface area contributed by atoms with Crippen molar-refractivity contribution < 1.29 is 9.21 Å². The van der Waals surface area contributed by atoms with Crippen molar-refractivity contribution in [3.05, 3.63) is 23.7 Å². The minimum atomic E-state index is 0.0175. The average molecular weight is 222 g/mol. The van der Waals surface area contributed by atoms with Crippen LogP contribution >= 0.6 is 0 Å². The van der Waals surface area contributed by atoms with Gasteiger partial charge in [0.05, 0.1) is 6.26 Å². The van der Waals surface area contributed by atoms with Gasteiger partial charge >= 0.3 is 0 Å². The third-order valence-corrected chi connectivity index (χ3v) is 3.05. The molecule has 4 heteroatoms. The van der Waals surface area contributed by atoms with E-state index in [9.17, 15) is 4.79 Å². The quantitative estimate of drug-likeness (QED) is 0.758. The van der Waals surface area contributed by atoms with E-state index in [1.807, 2.05) is 11.8 Å². The van der Waals surface area contributed by atoms with Gasteiger partial charge in [-0.2, -0.15) is 0 Å². The lowest BCUT2D eigenvalue weighted by Crippen LogP contribution is -2.48. The number of piperazine rings is 1. The molecule has 1 saturated heterocycles. The average Bonchev–Trinajstić information content (AvgIpc) is 2.75. The molecule has 0 radical (unpaired) electrons. The molecule has 2 rings (SSSR count). The number of aryl methyl sites for hydroxylation is 1. The fraction of sp³-hybridized carbons (Fsp3) is 0.583. The van der Waals surface area contributed by atoms with Gasteiger partial charge in [-0.3, -0.25) is 4.79 Å². The Balaban J connectivity index is 1.96. The van der Waals surface area contributed by atoms with Gasteiger partial charge < -0.3 is 14.2 Å². The standard InChI is InChI=1S/C12H18N2O2/c1-3-13-4-6-14(7-5-13)12(15)11-8-10(2)9-16-11/h8-9H,3-7H2,1-2H3. The lowest BCUT2D eigenvalue weighted by molar-refractivity contribution is 0.0612. The van der Waals surface area contributed by atoms with Gasteiger partial charge in [0, 0.05) is 26.2 Å². The molecule has 0 bridgehead atoms. The highest BCUT2D eigenvalue weighted by atomic mass is 16.3. The zero-order valence-corrected chi connectivity index (χ0v) is 9.90. The summed E-state index contributed by atoms with van der Waals surface area (Å²) in [5, 5.41) is 0. The van der Waals surface area contributed by atoms with E-state index in [2.05, 4.69) is 11.8 Å². The summed E-state index contributed by atoms with van der Waals surface area (Å²) in [6.07, 6.45) is 1.62. The molecule has 88 valence electrons. The Morgan fingerprint density at radius 3 is 2.56 bits per heavy atom. The van der Waals surface area contributed by atoms with Crippen molar-refractivity contribution in [1.82, 2.24) is 9.80 Å². The Morgan fingerprint density at radius 1 is 1.38 bits per heavy atom. The Hall–Kier alpha value is -1.29. The molecule has 1 aromatic heterocycles. The van der Waals surface area contributed by atoms with Gasteiger partial charge in [0.15, 0.2) is 5.76 Å². The number of amides is 1. The molecule has 0 spiro atoms. The Bertz CT molecular complexity index is 365. The highest BCUT2D eigenvalue weighted by Crippen LogP contribution is 2.11. The van der Waals surface area contributed by atoms with Crippen LogP contribution < -0.4 is 0 Å². The Labute approximate surface area is 95.8 Å². The SMILES string of the molecule is CCN1CCN(C(=O)c2cc(C)co2)CC1. The molecular weight excluding hydrogens is 204 g/mol. The molecule has 0 unspecified atom stereocenters. The third kappa shape index (κ3) is 2.27. The largest absolute Gasteiger partial charge is 0.459 e. The minimum absolute atomic E-state index is 0.0175. The summed E-state index contributed by atoms with van der Waals surface area (Å²) < 4.78 is 5.23. The maximum atomic E-state index is 12.0. The molecule has 0 N–H and O–H groups in total. The first kappa shape index (κ1) is 11.2. The molecule has 2 heterocycles. The predicted octanol–water partition coefficient (Wildman–Crippen LogP) is 1.37. The first-order chi connectivity index (χ1) is 7.70. The van der Waals surface area contributed by atoms with Crippen molar-refractivity contribution in [1.29, 1.82) is 0 Å². The first-order valence-corrected chi connectivity index (χ1v) is 5.77. The summed E-state index contributed by atoms with van der Waals surface area (Å²) in [5.74, 6) is 0.478. The van der Waals surface area contributed by atoms with Crippen LogP contribution in [0.15, 0.2) is 16.7 Å². The number of hydrogen-bond donors (Lipinski definition) is 0. The van der Waals surface area contributed by atoms with E-state index in [4.69, 9.17) is 4.42 Å². The van der Waals surface area contributed by atoms with Crippen molar-refractivity contribution in [3.8, 4) is 0 Å². The summed E-state index contributed by atoms with van der Waals surface area (Å²) in [4.78, 5) is 16.2. The summed E-state index contributed by atoms with van der Waals surface area (Å²) >= 11 is 0. The van der Waals surface area contributed by atoms with Crippen molar-refractivity contribution in [2.24, 2.45) is 0 Å². The number of nitrogens with zero attached hydrogens (tertiary/aromatic N) is 2. The van der Waals surface area contributed by atoms with E-state index in [0.717, 1.165) is 38.3 Å². The van der Waals surface area contributed by atoms with E-state index in [0.29, 0.717) is 5.76 Å². The zero-order chi connectivity index (χ0) is 11.5. The number of furan rings is 1. The molecule has 16 heavy (non-hydrogen) atoms. The number of carbonyl (C=O) groups excluding carboxylic acids is 1. The second-order valence-corrected chi connectivity index (χ2v) is 4.21. The van der Waals surface area contributed by atoms with Crippen LogP contribution in [0.5, 0.6) is 0 Å².